The summed E-state index contributed by atoms with van der Waals surface area (Å²) in [4.78, 5) is 31.4. The number of ketones is 2. The third kappa shape index (κ3) is 10.2. The van der Waals surface area contributed by atoms with Crippen LogP contribution in [-0.2, 0) is 21.2 Å². The first kappa shape index (κ1) is 54.3. The molecule has 0 aliphatic heterocycles. The van der Waals surface area contributed by atoms with E-state index in [1.807, 2.05) is 0 Å². The van der Waals surface area contributed by atoms with Gasteiger partial charge in [0.15, 0.2) is 0 Å². The summed E-state index contributed by atoms with van der Waals surface area (Å²) in [6.07, 6.45) is -11.8. The van der Waals surface area contributed by atoms with Crippen molar-refractivity contribution in [3.8, 4) is 17.9 Å². The Labute approximate surface area is 447 Å². The fourth-order valence-electron chi connectivity index (χ4n) is 10.1. The van der Waals surface area contributed by atoms with Crippen molar-refractivity contribution < 1.29 is 49.5 Å². The van der Waals surface area contributed by atoms with Gasteiger partial charge in [0.25, 0.3) is 0 Å². The van der Waals surface area contributed by atoms with Crippen LogP contribution in [0.1, 0.15) is 43.0 Å². The minimum absolute atomic E-state index is 0.0219. The van der Waals surface area contributed by atoms with Gasteiger partial charge in [-0.3, -0.25) is 0 Å². The third-order valence-electron chi connectivity index (χ3n) is 13.8. The van der Waals surface area contributed by atoms with Gasteiger partial charge in [0, 0.05) is 0 Å². The van der Waals surface area contributed by atoms with E-state index in [1.165, 1.54) is 48.5 Å². The number of hydrogen-bond acceptors (Lipinski definition) is 7. The Balaban J connectivity index is 1.46. The Morgan fingerprint density at radius 2 is 0.654 bits per heavy atom. The molecule has 9 aromatic rings. The number of carbonyl (C=O) groups is 2. The maximum absolute atomic E-state index is 15.7. The van der Waals surface area contributed by atoms with E-state index in [0.717, 1.165) is 0 Å². The summed E-state index contributed by atoms with van der Waals surface area (Å²) in [5.41, 5.74) is -2.58. The van der Waals surface area contributed by atoms with Gasteiger partial charge in [-0.05, 0) is 0 Å². The molecule has 0 amide bonds. The Morgan fingerprint density at radius 1 is 0.397 bits per heavy atom. The summed E-state index contributed by atoms with van der Waals surface area (Å²) >= 11 is 0. The first-order chi connectivity index (χ1) is 37.5. The van der Waals surface area contributed by atoms with Crippen molar-refractivity contribution >= 4 is 64.4 Å². The van der Waals surface area contributed by atoms with Crippen molar-refractivity contribution in [2.24, 2.45) is 0 Å². The van der Waals surface area contributed by atoms with Gasteiger partial charge in [-0.1, -0.05) is 0 Å². The Bertz CT molecular complexity index is 3230. The topological polar surface area (TPSA) is 109 Å². The van der Waals surface area contributed by atoms with Gasteiger partial charge in [0.1, 0.15) is 0 Å². The SMILES string of the molecule is N#Cc1ccc(C(=O)CP(OB(Oc2cc(C(F)(F)F)cc(C(F)(F)F)c2)OP(CC(=O)c2ccc(C#N)cc2)(c2ccccc2)(c2ccccc2)c2ccccc2)(c2ccccc2)(c2ccccc2)c2ccccc2)cc1. The summed E-state index contributed by atoms with van der Waals surface area (Å²) in [6, 6.07) is 68.5. The summed E-state index contributed by atoms with van der Waals surface area (Å²) in [5.74, 6) is -2.04. The second kappa shape index (κ2) is 21.9. The van der Waals surface area contributed by atoms with Crippen LogP contribution in [0.2, 0.25) is 0 Å². The molecule has 0 bridgehead atoms. The molecule has 388 valence electrons. The van der Waals surface area contributed by atoms with Crippen molar-refractivity contribution in [2.45, 2.75) is 12.4 Å². The number of hydrogen-bond donors (Lipinski definition) is 0. The zero-order valence-electron chi connectivity index (χ0n) is 41.3. The summed E-state index contributed by atoms with van der Waals surface area (Å²) in [5, 5.41) is 21.7. The molecule has 9 rings (SSSR count). The summed E-state index contributed by atoms with van der Waals surface area (Å²) in [7, 11) is -2.45. The van der Waals surface area contributed by atoms with Crippen LogP contribution < -0.4 is 36.5 Å². The molecule has 16 heteroatoms. The maximum atomic E-state index is 15.7. The van der Waals surface area contributed by atoms with Crippen molar-refractivity contribution in [1.29, 1.82) is 10.5 Å². The molecule has 0 saturated carbocycles. The number of benzene rings is 9. The quantitative estimate of drug-likeness (QED) is 0.0364. The number of alkyl halides is 6. The monoisotopic (exact) mass is 1080 g/mol. The van der Waals surface area contributed by atoms with Crippen LogP contribution >= 0.6 is 13.7 Å². The van der Waals surface area contributed by atoms with E-state index in [2.05, 4.69) is 12.1 Å². The fraction of sp³-hybridized carbons (Fsp3) is 0.0645. The number of nitrogens with zero attached hydrogens (tertiary/aromatic N) is 2. The van der Waals surface area contributed by atoms with Gasteiger partial charge < -0.3 is 0 Å². The van der Waals surface area contributed by atoms with Gasteiger partial charge in [-0.2, -0.15) is 0 Å². The molecular weight excluding hydrogens is 1040 g/mol. The second-order valence-electron chi connectivity index (χ2n) is 18.3. The Hall–Kier alpha value is -8.48. The zero-order valence-corrected chi connectivity index (χ0v) is 43.0. The van der Waals surface area contributed by atoms with E-state index < -0.39 is 74.1 Å². The predicted octanol–water partition coefficient (Wildman–Crippen LogP) is 12.5. The van der Waals surface area contributed by atoms with Crippen LogP contribution in [-0.4, -0.2) is 31.2 Å². The van der Waals surface area contributed by atoms with Crippen LogP contribution in [0.3, 0.4) is 0 Å². The van der Waals surface area contributed by atoms with Crippen molar-refractivity contribution in [3.05, 3.63) is 282 Å². The zero-order chi connectivity index (χ0) is 55.1. The molecule has 9 aromatic carbocycles. The molecule has 7 nitrogen and oxygen atoms in total. The fourth-order valence-corrected chi connectivity index (χ4v) is 21.1. The minimum atomic E-state index is -5.38. The van der Waals surface area contributed by atoms with Gasteiger partial charge in [-0.25, -0.2) is 0 Å². The molecule has 0 heterocycles. The van der Waals surface area contributed by atoms with Gasteiger partial charge in [0.2, 0.25) is 0 Å². The van der Waals surface area contributed by atoms with Gasteiger partial charge >= 0.3 is 449 Å². The molecule has 0 unspecified atom stereocenters. The van der Waals surface area contributed by atoms with Gasteiger partial charge in [-0.15, -0.1) is 0 Å². The van der Waals surface area contributed by atoms with Crippen LogP contribution in [0.5, 0.6) is 5.75 Å². The molecule has 0 radical (unpaired) electrons. The first-order valence-electron chi connectivity index (χ1n) is 24.3. The number of Topliss-reactive ketones (excluding diaryl/α,β-unsaturated/α-hetero) is 2. The van der Waals surface area contributed by atoms with E-state index in [9.17, 15) is 36.9 Å². The Kier molecular flexibility index (Phi) is 15.2. The normalized spacial score (nSPS) is 12.8. The molecule has 78 heavy (non-hydrogen) atoms. The van der Waals surface area contributed by atoms with E-state index >= 15 is 9.59 Å². The standard InChI is InChI=1S/C62H45BF6N2O5P2/c64-61(65,66)50-39-51(62(67,68)69)41-52(40-50)74-63(75-77(53-19-7-1-8-20-53,54-21-9-2-10-22-54,55-23-11-3-12-24-55)44-59(72)48-35-31-46(42-70)32-36-48)76-78(56-25-13-4-14-26-56,57-27-15-5-16-28-57,58-29-17-6-18-30-58)45-60(73)49-37-33-47(43-71)34-38-49/h1-41H,44-45H2. The average molecular weight is 1080 g/mol. The molecule has 0 spiro atoms. The summed E-state index contributed by atoms with van der Waals surface area (Å²) < 4.78 is 113. The number of carbonyl (C=O) groups excluding carboxylic acids is 2. The van der Waals surface area contributed by atoms with Gasteiger partial charge in [0.05, 0.1) is 0 Å². The number of nitriles is 2. The van der Waals surface area contributed by atoms with Crippen molar-refractivity contribution in [3.63, 3.8) is 0 Å². The Morgan fingerprint density at radius 3 is 0.885 bits per heavy atom. The van der Waals surface area contributed by atoms with E-state index in [1.54, 1.807) is 182 Å². The molecular formula is C62H45BF6N2O5P2. The number of rotatable bonds is 18. The van der Waals surface area contributed by atoms with Crippen molar-refractivity contribution in [1.82, 2.24) is 0 Å². The van der Waals surface area contributed by atoms with Crippen LogP contribution in [0.15, 0.2) is 249 Å². The first-order valence-corrected chi connectivity index (χ1v) is 29.0. The van der Waals surface area contributed by atoms with E-state index in [0.29, 0.717) is 44.0 Å². The molecule has 0 saturated heterocycles. The van der Waals surface area contributed by atoms with E-state index in [-0.39, 0.29) is 28.3 Å². The molecule has 0 aliphatic rings. The molecule has 0 fully saturated rings. The molecule has 0 N–H and O–H groups in total. The van der Waals surface area contributed by atoms with Crippen LogP contribution in [0.4, 0.5) is 26.3 Å². The average Bonchev–Trinajstić information content (AvgIpc) is 2.67. The van der Waals surface area contributed by atoms with Crippen LogP contribution in [0.25, 0.3) is 0 Å². The molecule has 0 aromatic heterocycles. The number of halogens is 6. The summed E-state index contributed by atoms with van der Waals surface area (Å²) in [6.45, 7) is -10.8. The molecule has 0 atom stereocenters. The molecule has 0 aliphatic carbocycles. The van der Waals surface area contributed by atoms with Crippen LogP contribution in [0, 0.1) is 22.7 Å². The third-order valence-corrected chi connectivity index (χ3v) is 25.2. The van der Waals surface area contributed by atoms with E-state index in [4.69, 9.17) is 13.5 Å². The predicted molar refractivity (Wildman–Crippen MR) is 296 cm³/mol. The van der Waals surface area contributed by atoms with Crippen molar-refractivity contribution in [2.75, 3.05) is 12.3 Å². The second-order valence-corrected chi connectivity index (χ2v) is 27.3.